The number of thioether (sulfide) groups is 1. The second kappa shape index (κ2) is 6.17. The minimum Gasteiger partial charge on any atom is -0.311 e. The number of H-pyrrole nitrogens is 1. The minimum atomic E-state index is -0.474. The van der Waals surface area contributed by atoms with E-state index < -0.39 is 5.69 Å². The van der Waals surface area contributed by atoms with Crippen LogP contribution in [-0.2, 0) is 6.54 Å². The van der Waals surface area contributed by atoms with Crippen LogP contribution >= 0.6 is 11.8 Å². The predicted octanol–water partition coefficient (Wildman–Crippen LogP) is 0.843. The molecule has 0 fully saturated rings. The summed E-state index contributed by atoms with van der Waals surface area (Å²) in [5.41, 5.74) is 1.58. The topological polar surface area (TPSA) is 97.9 Å². The number of hydrogen-bond donors (Lipinski definition) is 1. The molecule has 126 valence electrons. The molecule has 0 unspecified atom stereocenters. The molecule has 0 bridgehead atoms. The molecule has 0 spiro atoms. The van der Waals surface area contributed by atoms with Crippen LogP contribution < -0.4 is 11.2 Å². The first-order chi connectivity index (χ1) is 12.1. The van der Waals surface area contributed by atoms with Crippen molar-refractivity contribution in [3.63, 3.8) is 0 Å². The summed E-state index contributed by atoms with van der Waals surface area (Å²) in [6.07, 6.45) is 0. The standard InChI is InChI=1S/C16H14N6O2S/c1-10-7-14(23)21(15(24)17-10)8-13-18-19-16-22(13)20-12(9-25-16)11-5-3-2-4-6-11/h2-7H,8-9H2,1H3,(H,17,24). The van der Waals surface area contributed by atoms with Crippen molar-refractivity contribution < 1.29 is 0 Å². The summed E-state index contributed by atoms with van der Waals surface area (Å²) in [5.74, 6) is 1.12. The van der Waals surface area contributed by atoms with Crippen LogP contribution in [0.5, 0.6) is 0 Å². The molecular formula is C16H14N6O2S. The van der Waals surface area contributed by atoms with Crippen LogP contribution in [0, 0.1) is 6.92 Å². The highest BCUT2D eigenvalue weighted by atomic mass is 32.2. The zero-order chi connectivity index (χ0) is 17.4. The van der Waals surface area contributed by atoms with Gasteiger partial charge in [-0.15, -0.1) is 10.2 Å². The summed E-state index contributed by atoms with van der Waals surface area (Å²) < 4.78 is 2.68. The van der Waals surface area contributed by atoms with Gasteiger partial charge in [-0.3, -0.25) is 9.36 Å². The number of hydrogen-bond acceptors (Lipinski definition) is 6. The molecule has 4 rings (SSSR count). The van der Waals surface area contributed by atoms with Gasteiger partial charge in [0, 0.05) is 17.5 Å². The molecule has 0 atom stereocenters. The largest absolute Gasteiger partial charge is 0.328 e. The molecule has 2 aromatic heterocycles. The monoisotopic (exact) mass is 354 g/mol. The third kappa shape index (κ3) is 2.93. The fourth-order valence-electron chi connectivity index (χ4n) is 2.57. The molecule has 1 aromatic carbocycles. The van der Waals surface area contributed by atoms with Gasteiger partial charge in [0.1, 0.15) is 0 Å². The Bertz CT molecular complexity index is 1050. The lowest BCUT2D eigenvalue weighted by Gasteiger charge is -2.14. The average Bonchev–Trinajstić information content (AvgIpc) is 3.01. The third-order valence-corrected chi connectivity index (χ3v) is 4.73. The van der Waals surface area contributed by atoms with Gasteiger partial charge in [0.25, 0.3) is 5.56 Å². The van der Waals surface area contributed by atoms with Gasteiger partial charge >= 0.3 is 5.69 Å². The second-order valence-electron chi connectivity index (χ2n) is 5.59. The Balaban J connectivity index is 1.74. The van der Waals surface area contributed by atoms with E-state index in [1.54, 1.807) is 11.6 Å². The molecule has 3 aromatic rings. The Morgan fingerprint density at radius 2 is 2.00 bits per heavy atom. The van der Waals surface area contributed by atoms with E-state index in [0.717, 1.165) is 15.8 Å². The highest BCUT2D eigenvalue weighted by molar-refractivity contribution is 7.99. The van der Waals surface area contributed by atoms with Gasteiger partial charge in [0.15, 0.2) is 5.82 Å². The van der Waals surface area contributed by atoms with Crippen molar-refractivity contribution in [2.75, 3.05) is 5.75 Å². The number of fused-ring (bicyclic) bond motifs is 1. The Labute approximate surface area is 146 Å². The smallest absolute Gasteiger partial charge is 0.311 e. The zero-order valence-electron chi connectivity index (χ0n) is 13.3. The predicted molar refractivity (Wildman–Crippen MR) is 94.3 cm³/mol. The molecule has 1 aliphatic heterocycles. The van der Waals surface area contributed by atoms with Crippen LogP contribution in [0.15, 0.2) is 56.2 Å². The van der Waals surface area contributed by atoms with Gasteiger partial charge in [0.05, 0.1) is 12.3 Å². The number of aromatic amines is 1. The summed E-state index contributed by atoms with van der Waals surface area (Å²) in [6, 6.07) is 11.2. The Hall–Kier alpha value is -2.94. The van der Waals surface area contributed by atoms with E-state index in [4.69, 9.17) is 0 Å². The Morgan fingerprint density at radius 1 is 1.20 bits per heavy atom. The zero-order valence-corrected chi connectivity index (χ0v) is 14.2. The van der Waals surface area contributed by atoms with Crippen molar-refractivity contribution >= 4 is 17.5 Å². The maximum absolute atomic E-state index is 12.1. The van der Waals surface area contributed by atoms with Crippen molar-refractivity contribution in [3.05, 3.63) is 74.3 Å². The number of benzene rings is 1. The van der Waals surface area contributed by atoms with E-state index >= 15 is 0 Å². The van der Waals surface area contributed by atoms with E-state index in [-0.39, 0.29) is 12.1 Å². The maximum atomic E-state index is 12.1. The van der Waals surface area contributed by atoms with Gasteiger partial charge in [-0.25, -0.2) is 4.79 Å². The molecule has 1 N–H and O–H groups in total. The van der Waals surface area contributed by atoms with E-state index in [0.29, 0.717) is 22.4 Å². The lowest BCUT2D eigenvalue weighted by Crippen LogP contribution is -2.36. The van der Waals surface area contributed by atoms with Crippen LogP contribution in [0.2, 0.25) is 0 Å². The van der Waals surface area contributed by atoms with Gasteiger partial charge in [-0.1, -0.05) is 42.1 Å². The molecule has 25 heavy (non-hydrogen) atoms. The van der Waals surface area contributed by atoms with Gasteiger partial charge in [-0.2, -0.15) is 9.78 Å². The minimum absolute atomic E-state index is 0.00752. The summed E-state index contributed by atoms with van der Waals surface area (Å²) in [5, 5.41) is 13.5. The van der Waals surface area contributed by atoms with Crippen molar-refractivity contribution in [1.29, 1.82) is 0 Å². The second-order valence-corrected chi connectivity index (χ2v) is 6.54. The lowest BCUT2D eigenvalue weighted by atomic mass is 10.1. The van der Waals surface area contributed by atoms with Crippen LogP contribution in [0.1, 0.15) is 17.1 Å². The quantitative estimate of drug-likeness (QED) is 0.752. The van der Waals surface area contributed by atoms with E-state index in [1.807, 2.05) is 30.3 Å². The number of aromatic nitrogens is 5. The highest BCUT2D eigenvalue weighted by Crippen LogP contribution is 2.24. The average molecular weight is 354 g/mol. The van der Waals surface area contributed by atoms with Crippen LogP contribution in [0.4, 0.5) is 0 Å². The van der Waals surface area contributed by atoms with Crippen molar-refractivity contribution in [3.8, 4) is 0 Å². The number of nitrogens with one attached hydrogen (secondary N) is 1. The first-order valence-corrected chi connectivity index (χ1v) is 8.61. The summed E-state index contributed by atoms with van der Waals surface area (Å²) in [6.45, 7) is 1.67. The fourth-order valence-corrected chi connectivity index (χ4v) is 3.42. The van der Waals surface area contributed by atoms with Gasteiger partial charge < -0.3 is 4.98 Å². The van der Waals surface area contributed by atoms with Crippen molar-refractivity contribution in [2.24, 2.45) is 5.10 Å². The summed E-state index contributed by atoms with van der Waals surface area (Å²) in [7, 11) is 0. The maximum Gasteiger partial charge on any atom is 0.328 e. The van der Waals surface area contributed by atoms with Gasteiger partial charge in [0.2, 0.25) is 5.16 Å². The molecule has 0 amide bonds. The molecule has 0 saturated heterocycles. The highest BCUT2D eigenvalue weighted by Gasteiger charge is 2.20. The molecule has 0 saturated carbocycles. The molecule has 0 aliphatic carbocycles. The number of rotatable bonds is 3. The molecule has 3 heterocycles. The van der Waals surface area contributed by atoms with E-state index in [1.165, 1.54) is 17.8 Å². The van der Waals surface area contributed by atoms with E-state index in [9.17, 15) is 9.59 Å². The molecular weight excluding hydrogens is 340 g/mol. The third-order valence-electron chi connectivity index (χ3n) is 3.80. The molecule has 1 aliphatic rings. The van der Waals surface area contributed by atoms with Crippen LogP contribution in [0.3, 0.4) is 0 Å². The Morgan fingerprint density at radius 3 is 2.76 bits per heavy atom. The number of nitrogens with zero attached hydrogens (tertiary/aromatic N) is 5. The lowest BCUT2D eigenvalue weighted by molar-refractivity contribution is 0.618. The molecule has 9 heteroatoms. The first kappa shape index (κ1) is 15.6. The van der Waals surface area contributed by atoms with Crippen LogP contribution in [-0.4, -0.2) is 35.9 Å². The molecule has 8 nitrogen and oxygen atoms in total. The van der Waals surface area contributed by atoms with Crippen molar-refractivity contribution in [1.82, 2.24) is 24.4 Å². The normalized spacial score (nSPS) is 13.4. The van der Waals surface area contributed by atoms with Gasteiger partial charge in [-0.05, 0) is 12.5 Å². The van der Waals surface area contributed by atoms with Crippen molar-refractivity contribution in [2.45, 2.75) is 18.6 Å². The van der Waals surface area contributed by atoms with E-state index in [2.05, 4.69) is 20.3 Å². The fraction of sp³-hybridized carbons (Fsp3) is 0.188. The number of aryl methyl sites for hydroxylation is 1. The summed E-state index contributed by atoms with van der Waals surface area (Å²) in [4.78, 5) is 26.8. The Kier molecular flexibility index (Phi) is 3.85. The van der Waals surface area contributed by atoms with Crippen LogP contribution in [0.25, 0.3) is 0 Å². The SMILES string of the molecule is Cc1cc(=O)n(Cc2nnc3n2N=C(c2ccccc2)CS3)c(=O)[nH]1. The first-order valence-electron chi connectivity index (χ1n) is 7.63. The molecule has 0 radical (unpaired) electrons. The summed E-state index contributed by atoms with van der Waals surface area (Å²) >= 11 is 1.52.